The number of thiophene rings is 2. The molecule has 0 atom stereocenters. The van der Waals surface area contributed by atoms with Crippen LogP contribution in [0.4, 0.5) is 5.00 Å². The Labute approximate surface area is 179 Å². The van der Waals surface area contributed by atoms with E-state index >= 15 is 0 Å². The van der Waals surface area contributed by atoms with Gasteiger partial charge in [0, 0.05) is 17.8 Å². The van der Waals surface area contributed by atoms with Gasteiger partial charge in [0.15, 0.2) is 0 Å². The van der Waals surface area contributed by atoms with E-state index in [1.165, 1.54) is 10.4 Å². The third kappa shape index (κ3) is 4.95. The van der Waals surface area contributed by atoms with Gasteiger partial charge in [-0.2, -0.15) is 11.3 Å². The molecular formula is C23H24N2O2S2. The van der Waals surface area contributed by atoms with Gasteiger partial charge in [-0.15, -0.1) is 11.3 Å². The molecule has 6 heteroatoms. The number of hydrogen-bond acceptors (Lipinski definition) is 4. The van der Waals surface area contributed by atoms with Gasteiger partial charge in [-0.05, 0) is 65.6 Å². The van der Waals surface area contributed by atoms with Gasteiger partial charge in [-0.25, -0.2) is 0 Å². The van der Waals surface area contributed by atoms with Crippen molar-refractivity contribution in [2.24, 2.45) is 0 Å². The molecule has 4 rings (SSSR count). The lowest BCUT2D eigenvalue weighted by molar-refractivity contribution is -0.116. The molecule has 29 heavy (non-hydrogen) atoms. The summed E-state index contributed by atoms with van der Waals surface area (Å²) in [5.74, 6) is -0.131. The molecule has 2 N–H and O–H groups in total. The second kappa shape index (κ2) is 9.37. The quantitative estimate of drug-likeness (QED) is 0.548. The summed E-state index contributed by atoms with van der Waals surface area (Å²) in [6, 6.07) is 11.9. The van der Waals surface area contributed by atoms with Gasteiger partial charge in [0.2, 0.25) is 5.91 Å². The van der Waals surface area contributed by atoms with Gasteiger partial charge in [0.25, 0.3) is 5.91 Å². The van der Waals surface area contributed by atoms with Crippen molar-refractivity contribution >= 4 is 39.5 Å². The molecule has 2 heterocycles. The van der Waals surface area contributed by atoms with E-state index in [1.807, 2.05) is 41.8 Å². The maximum atomic E-state index is 13.0. The molecule has 3 aromatic rings. The van der Waals surface area contributed by atoms with Crippen molar-refractivity contribution < 1.29 is 9.59 Å². The highest BCUT2D eigenvalue weighted by atomic mass is 32.1. The zero-order valence-corrected chi connectivity index (χ0v) is 17.8. The lowest BCUT2D eigenvalue weighted by Crippen LogP contribution is -2.25. The van der Waals surface area contributed by atoms with E-state index < -0.39 is 0 Å². The van der Waals surface area contributed by atoms with Crippen LogP contribution < -0.4 is 10.6 Å². The number of carbonyl (C=O) groups excluding carboxylic acids is 2. The van der Waals surface area contributed by atoms with E-state index in [0.29, 0.717) is 23.5 Å². The Morgan fingerprint density at radius 1 is 1.00 bits per heavy atom. The molecule has 0 saturated carbocycles. The molecule has 1 aliphatic rings. The summed E-state index contributed by atoms with van der Waals surface area (Å²) in [6.45, 7) is 0.482. The van der Waals surface area contributed by atoms with Gasteiger partial charge in [0.05, 0.1) is 5.56 Å². The maximum Gasteiger partial charge on any atom is 0.254 e. The standard InChI is InChI=1S/C23H24N2O2S2/c26-20(11-10-17-12-13-28-15-17)25-23-21(18-8-4-5-9-19(18)29-23)22(27)24-14-16-6-2-1-3-7-16/h1-3,6-7,12-13,15H,4-5,8-11,14H2,(H,24,27)(H,25,26). The molecule has 4 nitrogen and oxygen atoms in total. The minimum Gasteiger partial charge on any atom is -0.348 e. The van der Waals surface area contributed by atoms with Crippen molar-refractivity contribution in [3.8, 4) is 0 Å². The molecule has 0 bridgehead atoms. The number of hydrogen-bond donors (Lipinski definition) is 2. The fraction of sp³-hybridized carbons (Fsp3) is 0.304. The van der Waals surface area contributed by atoms with E-state index in [2.05, 4.69) is 16.0 Å². The first-order valence-corrected chi connectivity index (χ1v) is 11.7. The molecule has 1 aromatic carbocycles. The molecule has 0 fully saturated rings. The van der Waals surface area contributed by atoms with Crippen molar-refractivity contribution in [3.05, 3.63) is 74.3 Å². The lowest BCUT2D eigenvalue weighted by Gasteiger charge is -2.13. The van der Waals surface area contributed by atoms with Crippen LogP contribution in [-0.4, -0.2) is 11.8 Å². The van der Waals surface area contributed by atoms with Gasteiger partial charge in [-0.1, -0.05) is 30.3 Å². The third-order valence-corrected chi connectivity index (χ3v) is 7.11. The highest BCUT2D eigenvalue weighted by molar-refractivity contribution is 7.17. The van der Waals surface area contributed by atoms with E-state index in [4.69, 9.17) is 0 Å². The molecular weight excluding hydrogens is 400 g/mol. The van der Waals surface area contributed by atoms with Crippen LogP contribution in [0.25, 0.3) is 0 Å². The van der Waals surface area contributed by atoms with Crippen molar-refractivity contribution in [3.63, 3.8) is 0 Å². The minimum absolute atomic E-state index is 0.0353. The molecule has 0 unspecified atom stereocenters. The van der Waals surface area contributed by atoms with Crippen LogP contribution >= 0.6 is 22.7 Å². The average Bonchev–Trinajstić information content (AvgIpc) is 3.38. The summed E-state index contributed by atoms with van der Waals surface area (Å²) in [5.41, 5.74) is 4.03. The van der Waals surface area contributed by atoms with Crippen LogP contribution in [0.3, 0.4) is 0 Å². The van der Waals surface area contributed by atoms with Crippen LogP contribution in [0.1, 0.15) is 51.2 Å². The smallest absolute Gasteiger partial charge is 0.254 e. The molecule has 0 radical (unpaired) electrons. The number of carbonyl (C=O) groups is 2. The molecule has 0 aliphatic heterocycles. The van der Waals surface area contributed by atoms with E-state index in [9.17, 15) is 9.59 Å². The Hall–Kier alpha value is -2.44. The van der Waals surface area contributed by atoms with Gasteiger partial charge < -0.3 is 10.6 Å². The number of anilines is 1. The Morgan fingerprint density at radius 2 is 1.83 bits per heavy atom. The summed E-state index contributed by atoms with van der Waals surface area (Å²) < 4.78 is 0. The first-order valence-electron chi connectivity index (χ1n) is 9.98. The first kappa shape index (κ1) is 19.9. The average molecular weight is 425 g/mol. The molecule has 2 amide bonds. The van der Waals surface area contributed by atoms with Gasteiger partial charge in [-0.3, -0.25) is 9.59 Å². The number of amides is 2. The van der Waals surface area contributed by atoms with Crippen LogP contribution in [0.2, 0.25) is 0 Å². The predicted octanol–water partition coefficient (Wildman–Crippen LogP) is 5.19. The minimum atomic E-state index is -0.0959. The summed E-state index contributed by atoms with van der Waals surface area (Å²) >= 11 is 3.21. The number of rotatable bonds is 7. The van der Waals surface area contributed by atoms with Crippen molar-refractivity contribution in [2.75, 3.05) is 5.32 Å². The summed E-state index contributed by atoms with van der Waals surface area (Å²) in [7, 11) is 0. The van der Waals surface area contributed by atoms with Crippen LogP contribution in [0.5, 0.6) is 0 Å². The number of benzene rings is 1. The highest BCUT2D eigenvalue weighted by Gasteiger charge is 2.26. The van der Waals surface area contributed by atoms with Crippen LogP contribution in [0.15, 0.2) is 47.2 Å². The Bertz CT molecular complexity index is 978. The Morgan fingerprint density at radius 3 is 2.62 bits per heavy atom. The van der Waals surface area contributed by atoms with Crippen molar-refractivity contribution in [1.82, 2.24) is 5.32 Å². The van der Waals surface area contributed by atoms with Gasteiger partial charge >= 0.3 is 0 Å². The molecule has 0 spiro atoms. The number of nitrogens with one attached hydrogen (secondary N) is 2. The van der Waals surface area contributed by atoms with Crippen LogP contribution in [0, 0.1) is 0 Å². The Balaban J connectivity index is 1.48. The third-order valence-electron chi connectivity index (χ3n) is 5.17. The molecule has 0 saturated heterocycles. The second-order valence-corrected chi connectivity index (χ2v) is 9.15. The molecule has 1 aliphatic carbocycles. The fourth-order valence-electron chi connectivity index (χ4n) is 3.64. The SMILES string of the molecule is O=C(CCc1ccsc1)Nc1sc2c(c1C(=O)NCc1ccccc1)CCCC2. The molecule has 150 valence electrons. The fourth-order valence-corrected chi connectivity index (χ4v) is 5.65. The highest BCUT2D eigenvalue weighted by Crippen LogP contribution is 2.38. The lowest BCUT2D eigenvalue weighted by atomic mass is 9.95. The summed E-state index contributed by atoms with van der Waals surface area (Å²) in [6.07, 6.45) is 5.27. The van der Waals surface area contributed by atoms with E-state index in [0.717, 1.165) is 43.2 Å². The van der Waals surface area contributed by atoms with Gasteiger partial charge in [0.1, 0.15) is 5.00 Å². The van der Waals surface area contributed by atoms with E-state index in [-0.39, 0.29) is 11.8 Å². The summed E-state index contributed by atoms with van der Waals surface area (Å²) in [4.78, 5) is 26.8. The molecule has 2 aromatic heterocycles. The Kier molecular flexibility index (Phi) is 6.42. The first-order chi connectivity index (χ1) is 14.2. The summed E-state index contributed by atoms with van der Waals surface area (Å²) in [5, 5.41) is 10.9. The zero-order valence-electron chi connectivity index (χ0n) is 16.2. The predicted molar refractivity (Wildman–Crippen MR) is 120 cm³/mol. The topological polar surface area (TPSA) is 58.2 Å². The number of fused-ring (bicyclic) bond motifs is 1. The number of aryl methyl sites for hydroxylation is 2. The van der Waals surface area contributed by atoms with E-state index in [1.54, 1.807) is 22.7 Å². The van der Waals surface area contributed by atoms with Crippen molar-refractivity contribution in [1.29, 1.82) is 0 Å². The largest absolute Gasteiger partial charge is 0.348 e. The maximum absolute atomic E-state index is 13.0. The normalized spacial score (nSPS) is 13.0. The van der Waals surface area contributed by atoms with Crippen molar-refractivity contribution in [2.45, 2.75) is 45.1 Å². The van der Waals surface area contributed by atoms with Crippen LogP contribution in [-0.2, 0) is 30.6 Å². The zero-order chi connectivity index (χ0) is 20.1. The second-order valence-electron chi connectivity index (χ2n) is 7.26. The monoisotopic (exact) mass is 424 g/mol.